The first kappa shape index (κ1) is 13.5. The van der Waals surface area contributed by atoms with Crippen molar-refractivity contribution in [2.75, 3.05) is 0 Å². The van der Waals surface area contributed by atoms with E-state index in [4.69, 9.17) is 0 Å². The number of aryl methyl sites for hydroxylation is 2. The van der Waals surface area contributed by atoms with Gasteiger partial charge in [0.15, 0.2) is 6.20 Å². The molecule has 2 aromatic carbocycles. The summed E-state index contributed by atoms with van der Waals surface area (Å²) in [4.78, 5) is 4.56. The highest BCUT2D eigenvalue weighted by atomic mass is 15.1. The smallest absolute Gasteiger partial charge is 0.212 e. The van der Waals surface area contributed by atoms with E-state index in [-0.39, 0.29) is 0 Å². The van der Waals surface area contributed by atoms with E-state index in [9.17, 15) is 0 Å². The molecule has 0 unspecified atom stereocenters. The summed E-state index contributed by atoms with van der Waals surface area (Å²) < 4.78 is 4.46. The van der Waals surface area contributed by atoms with Gasteiger partial charge in [-0.3, -0.25) is 0 Å². The fourth-order valence-corrected chi connectivity index (χ4v) is 4.06. The zero-order chi connectivity index (χ0) is 16.3. The van der Waals surface area contributed by atoms with Gasteiger partial charge >= 0.3 is 0 Å². The summed E-state index contributed by atoms with van der Waals surface area (Å²) in [6.07, 6.45) is 6.98. The van der Waals surface area contributed by atoms with Gasteiger partial charge < -0.3 is 4.57 Å². The zero-order valence-electron chi connectivity index (χ0n) is 13.8. The molecule has 1 aliphatic rings. The molecule has 3 heterocycles. The molecule has 0 bridgehead atoms. The van der Waals surface area contributed by atoms with E-state index in [0.717, 1.165) is 12.2 Å². The molecule has 2 aromatic heterocycles. The Morgan fingerprint density at radius 3 is 2.67 bits per heavy atom. The Bertz CT molecular complexity index is 1110. The third-order valence-corrected chi connectivity index (χ3v) is 5.15. The van der Waals surface area contributed by atoms with Gasteiger partial charge in [0.1, 0.15) is 12.9 Å². The Kier molecular flexibility index (Phi) is 2.69. The maximum Gasteiger partial charge on any atom is 0.212 e. The molecule has 3 nitrogen and oxygen atoms in total. The number of imidazole rings is 1. The SMILES string of the molecule is Cc1c(-c2cccc[n+]2C)c2c(c3ccccc13)-n1ccnc1C2. The molecular weight excluding hydrogens is 294 g/mol. The van der Waals surface area contributed by atoms with Gasteiger partial charge in [-0.1, -0.05) is 24.3 Å². The Balaban J connectivity index is 1.98. The summed E-state index contributed by atoms with van der Waals surface area (Å²) >= 11 is 0. The number of fused-ring (bicyclic) bond motifs is 5. The topological polar surface area (TPSA) is 21.7 Å². The van der Waals surface area contributed by atoms with E-state index in [1.165, 1.54) is 38.8 Å². The average molecular weight is 312 g/mol. The number of rotatable bonds is 1. The molecule has 4 aromatic rings. The van der Waals surface area contributed by atoms with Crippen molar-refractivity contribution in [2.24, 2.45) is 7.05 Å². The van der Waals surface area contributed by atoms with E-state index < -0.39 is 0 Å². The highest BCUT2D eigenvalue weighted by Crippen LogP contribution is 2.42. The predicted molar refractivity (Wildman–Crippen MR) is 95.2 cm³/mol. The minimum absolute atomic E-state index is 0.887. The van der Waals surface area contributed by atoms with Crippen LogP contribution in [0, 0.1) is 6.92 Å². The summed E-state index contributed by atoms with van der Waals surface area (Å²) in [5.74, 6) is 1.13. The van der Waals surface area contributed by atoms with Gasteiger partial charge in [-0.2, -0.15) is 0 Å². The van der Waals surface area contributed by atoms with Crippen molar-refractivity contribution in [1.29, 1.82) is 0 Å². The lowest BCUT2D eigenvalue weighted by Gasteiger charge is -2.15. The first-order valence-electron chi connectivity index (χ1n) is 8.27. The number of hydrogen-bond acceptors (Lipinski definition) is 1. The van der Waals surface area contributed by atoms with Crippen molar-refractivity contribution in [2.45, 2.75) is 13.3 Å². The molecule has 0 aliphatic carbocycles. The third-order valence-electron chi connectivity index (χ3n) is 5.15. The minimum atomic E-state index is 0.887. The lowest BCUT2D eigenvalue weighted by molar-refractivity contribution is -0.660. The third kappa shape index (κ3) is 1.67. The van der Waals surface area contributed by atoms with Crippen LogP contribution in [0.3, 0.4) is 0 Å². The summed E-state index contributed by atoms with van der Waals surface area (Å²) in [5.41, 5.74) is 6.62. The Hall–Kier alpha value is -2.94. The second-order valence-electron chi connectivity index (χ2n) is 6.46. The molecule has 0 saturated carbocycles. The van der Waals surface area contributed by atoms with Crippen molar-refractivity contribution in [1.82, 2.24) is 9.55 Å². The molecule has 0 N–H and O–H groups in total. The Labute approximate surface area is 140 Å². The number of aromatic nitrogens is 3. The minimum Gasteiger partial charge on any atom is -0.303 e. The monoisotopic (exact) mass is 312 g/mol. The van der Waals surface area contributed by atoms with Crippen molar-refractivity contribution in [3.8, 4) is 16.9 Å². The summed E-state index contributed by atoms with van der Waals surface area (Å²) in [7, 11) is 2.11. The lowest BCUT2D eigenvalue weighted by atomic mass is 9.90. The number of hydrogen-bond donors (Lipinski definition) is 0. The number of benzene rings is 2. The van der Waals surface area contributed by atoms with Gasteiger partial charge in [0.25, 0.3) is 0 Å². The van der Waals surface area contributed by atoms with Crippen molar-refractivity contribution in [3.63, 3.8) is 0 Å². The maximum absolute atomic E-state index is 4.56. The fraction of sp³-hybridized carbons (Fsp3) is 0.143. The Morgan fingerprint density at radius 2 is 1.83 bits per heavy atom. The highest BCUT2D eigenvalue weighted by Gasteiger charge is 2.29. The van der Waals surface area contributed by atoms with Gasteiger partial charge in [-0.15, -0.1) is 0 Å². The van der Waals surface area contributed by atoms with Crippen molar-refractivity contribution in [3.05, 3.63) is 78.0 Å². The quantitative estimate of drug-likeness (QED) is 0.432. The van der Waals surface area contributed by atoms with Crippen LogP contribution in [0.25, 0.3) is 27.7 Å². The van der Waals surface area contributed by atoms with Gasteiger partial charge in [-0.05, 0) is 29.5 Å². The van der Waals surface area contributed by atoms with Crippen LogP contribution in [-0.4, -0.2) is 9.55 Å². The molecule has 0 radical (unpaired) electrons. The molecule has 116 valence electrons. The molecule has 24 heavy (non-hydrogen) atoms. The second kappa shape index (κ2) is 4.78. The van der Waals surface area contributed by atoms with Crippen LogP contribution in [0.15, 0.2) is 61.1 Å². The zero-order valence-corrected chi connectivity index (χ0v) is 13.8. The van der Waals surface area contributed by atoms with Gasteiger partial charge in [0, 0.05) is 36.3 Å². The van der Waals surface area contributed by atoms with Crippen LogP contribution in [0.2, 0.25) is 0 Å². The van der Waals surface area contributed by atoms with E-state index in [2.05, 4.69) is 82.9 Å². The molecule has 0 fully saturated rings. The van der Waals surface area contributed by atoms with Crippen LogP contribution in [-0.2, 0) is 13.5 Å². The van der Waals surface area contributed by atoms with Gasteiger partial charge in [0.05, 0.1) is 11.3 Å². The standard InChI is InChI=1S/C21H18N3/c1-14-15-7-3-4-8-16(15)21-17(13-19-22-10-12-24(19)21)20(14)18-9-5-6-11-23(18)2/h3-12H,13H2,1-2H3/q+1. The predicted octanol–water partition coefficient (Wildman–Crippen LogP) is 3.73. The first-order valence-corrected chi connectivity index (χ1v) is 8.27. The fourth-order valence-electron chi connectivity index (χ4n) is 4.06. The second-order valence-corrected chi connectivity index (χ2v) is 6.46. The molecule has 5 rings (SSSR count). The highest BCUT2D eigenvalue weighted by molar-refractivity contribution is 6.00. The molecule has 3 heteroatoms. The molecule has 0 amide bonds. The van der Waals surface area contributed by atoms with E-state index >= 15 is 0 Å². The lowest BCUT2D eigenvalue weighted by Crippen LogP contribution is -2.30. The number of nitrogens with zero attached hydrogens (tertiary/aromatic N) is 3. The molecule has 0 spiro atoms. The molecule has 0 atom stereocenters. The van der Waals surface area contributed by atoms with Crippen LogP contribution in [0.4, 0.5) is 0 Å². The average Bonchev–Trinajstić information content (AvgIpc) is 3.17. The van der Waals surface area contributed by atoms with E-state index in [1.54, 1.807) is 0 Å². The molecule has 0 saturated heterocycles. The first-order chi connectivity index (χ1) is 11.8. The molecular formula is C21H18N3+. The van der Waals surface area contributed by atoms with Crippen molar-refractivity contribution < 1.29 is 4.57 Å². The van der Waals surface area contributed by atoms with Crippen LogP contribution in [0.1, 0.15) is 17.0 Å². The van der Waals surface area contributed by atoms with Crippen LogP contribution in [0.5, 0.6) is 0 Å². The summed E-state index contributed by atoms with van der Waals surface area (Å²) in [6, 6.07) is 15.1. The van der Waals surface area contributed by atoms with E-state index in [1.807, 2.05) is 6.20 Å². The molecule has 1 aliphatic heterocycles. The summed E-state index contributed by atoms with van der Waals surface area (Å²) in [6.45, 7) is 2.24. The normalized spacial score (nSPS) is 12.4. The van der Waals surface area contributed by atoms with Crippen LogP contribution >= 0.6 is 0 Å². The summed E-state index contributed by atoms with van der Waals surface area (Å²) in [5, 5.41) is 2.63. The number of pyridine rings is 1. The van der Waals surface area contributed by atoms with E-state index in [0.29, 0.717) is 0 Å². The largest absolute Gasteiger partial charge is 0.303 e. The van der Waals surface area contributed by atoms with Crippen molar-refractivity contribution >= 4 is 10.8 Å². The van der Waals surface area contributed by atoms with Crippen LogP contribution < -0.4 is 4.57 Å². The Morgan fingerprint density at radius 1 is 1.04 bits per heavy atom. The van der Waals surface area contributed by atoms with Gasteiger partial charge in [0.2, 0.25) is 5.69 Å². The maximum atomic E-state index is 4.56. The van der Waals surface area contributed by atoms with Gasteiger partial charge in [-0.25, -0.2) is 9.55 Å².